The Kier molecular flexibility index (Phi) is 5.55. The third-order valence-corrected chi connectivity index (χ3v) is 6.93. The van der Waals surface area contributed by atoms with Crippen LogP contribution in [0.1, 0.15) is 26.7 Å². The molecule has 4 rings (SSSR count). The molecule has 0 amide bonds. The van der Waals surface area contributed by atoms with E-state index < -0.39 is 9.84 Å². The quantitative estimate of drug-likeness (QED) is 0.621. The van der Waals surface area contributed by atoms with Crippen LogP contribution in [0.5, 0.6) is 5.88 Å². The number of likely N-dealkylation sites (tertiary alicyclic amines) is 1. The molecule has 0 aliphatic carbocycles. The molecule has 0 N–H and O–H groups in total. The number of piperidine rings is 1. The van der Waals surface area contributed by atoms with Gasteiger partial charge in [-0.15, -0.1) is 0 Å². The summed E-state index contributed by atoms with van der Waals surface area (Å²) in [6.45, 7) is 6.51. The fourth-order valence-corrected chi connectivity index (χ4v) is 4.67. The number of benzene rings is 1. The third kappa shape index (κ3) is 4.06. The molecule has 160 valence electrons. The minimum absolute atomic E-state index is 0.144. The molecule has 0 unspecified atom stereocenters. The van der Waals surface area contributed by atoms with Crippen molar-refractivity contribution in [3.8, 4) is 17.0 Å². The zero-order valence-electron chi connectivity index (χ0n) is 17.9. The molecule has 1 fully saturated rings. The predicted octanol–water partition coefficient (Wildman–Crippen LogP) is 3.29. The Balaban J connectivity index is 1.63. The standard InChI is InChI=1S/C22H28N4O3S/c1-15(2)26-11-9-17(10-12-26)29-22-21-20(23-14-24-22)19(13-25(21)3)16-5-7-18(8-6-16)30(4,27)28/h5-8,13-15,17H,9-12H2,1-4H3. The molecule has 1 aliphatic heterocycles. The van der Waals surface area contributed by atoms with Crippen LogP contribution >= 0.6 is 0 Å². The van der Waals surface area contributed by atoms with Gasteiger partial charge in [0.2, 0.25) is 5.88 Å². The number of ether oxygens (including phenoxy) is 1. The van der Waals surface area contributed by atoms with Crippen molar-refractivity contribution in [2.24, 2.45) is 7.05 Å². The van der Waals surface area contributed by atoms with Crippen molar-refractivity contribution in [3.05, 3.63) is 36.8 Å². The highest BCUT2D eigenvalue weighted by Crippen LogP contribution is 2.34. The van der Waals surface area contributed by atoms with E-state index in [-0.39, 0.29) is 6.10 Å². The van der Waals surface area contributed by atoms with Gasteiger partial charge >= 0.3 is 0 Å². The third-order valence-electron chi connectivity index (χ3n) is 5.80. The molecule has 1 aliphatic rings. The molecule has 1 saturated heterocycles. The van der Waals surface area contributed by atoms with Crippen LogP contribution in [0.2, 0.25) is 0 Å². The van der Waals surface area contributed by atoms with Gasteiger partial charge in [-0.05, 0) is 44.4 Å². The molecule has 3 aromatic rings. The Hall–Kier alpha value is -2.45. The normalized spacial score (nSPS) is 16.4. The highest BCUT2D eigenvalue weighted by atomic mass is 32.2. The molecule has 8 heteroatoms. The van der Waals surface area contributed by atoms with Crippen LogP contribution in [0, 0.1) is 0 Å². The summed E-state index contributed by atoms with van der Waals surface area (Å²) in [4.78, 5) is 11.7. The lowest BCUT2D eigenvalue weighted by molar-refractivity contribution is 0.0821. The number of hydrogen-bond acceptors (Lipinski definition) is 6. The fraction of sp³-hybridized carbons (Fsp3) is 0.455. The van der Waals surface area contributed by atoms with Gasteiger partial charge in [-0.2, -0.15) is 4.98 Å². The summed E-state index contributed by atoms with van der Waals surface area (Å²) in [7, 11) is -1.27. The Labute approximate surface area is 177 Å². The first kappa shape index (κ1) is 20.8. The van der Waals surface area contributed by atoms with Crippen molar-refractivity contribution >= 4 is 20.9 Å². The number of aryl methyl sites for hydroxylation is 1. The highest BCUT2D eigenvalue weighted by molar-refractivity contribution is 7.90. The van der Waals surface area contributed by atoms with Crippen molar-refractivity contribution in [1.82, 2.24) is 19.4 Å². The number of rotatable bonds is 5. The van der Waals surface area contributed by atoms with Crippen molar-refractivity contribution in [1.29, 1.82) is 0 Å². The predicted molar refractivity (Wildman–Crippen MR) is 117 cm³/mol. The number of sulfone groups is 1. The van der Waals surface area contributed by atoms with Gasteiger partial charge in [0.05, 0.1) is 4.90 Å². The van der Waals surface area contributed by atoms with Gasteiger partial charge in [-0.1, -0.05) is 12.1 Å². The molecule has 30 heavy (non-hydrogen) atoms. The summed E-state index contributed by atoms with van der Waals surface area (Å²) in [5.41, 5.74) is 3.48. The van der Waals surface area contributed by atoms with E-state index in [4.69, 9.17) is 4.74 Å². The van der Waals surface area contributed by atoms with Crippen LogP contribution in [0.3, 0.4) is 0 Å². The molecule has 1 aromatic carbocycles. The van der Waals surface area contributed by atoms with Gasteiger partial charge in [0.1, 0.15) is 23.5 Å². The molecule has 3 heterocycles. The van der Waals surface area contributed by atoms with Gasteiger partial charge < -0.3 is 14.2 Å². The first-order chi connectivity index (χ1) is 14.2. The Morgan fingerprint density at radius 1 is 1.10 bits per heavy atom. The molecule has 0 bridgehead atoms. The highest BCUT2D eigenvalue weighted by Gasteiger charge is 2.24. The molecule has 7 nitrogen and oxygen atoms in total. The van der Waals surface area contributed by atoms with Crippen LogP contribution < -0.4 is 4.74 Å². The van der Waals surface area contributed by atoms with E-state index in [1.165, 1.54) is 12.6 Å². The van der Waals surface area contributed by atoms with Crippen LogP contribution in [0.15, 0.2) is 41.7 Å². The van der Waals surface area contributed by atoms with Gasteiger partial charge in [-0.25, -0.2) is 13.4 Å². The second-order valence-electron chi connectivity index (χ2n) is 8.27. The van der Waals surface area contributed by atoms with Crippen molar-refractivity contribution in [2.45, 2.75) is 43.7 Å². The van der Waals surface area contributed by atoms with Crippen LogP contribution in [-0.4, -0.2) is 59.3 Å². The second kappa shape index (κ2) is 8.00. The smallest absolute Gasteiger partial charge is 0.242 e. The first-order valence-corrected chi connectivity index (χ1v) is 12.1. The SMILES string of the molecule is CC(C)N1CCC(Oc2ncnc3c(-c4ccc(S(C)(=O)=O)cc4)cn(C)c23)CC1. The topological polar surface area (TPSA) is 77.3 Å². The zero-order chi connectivity index (χ0) is 21.5. The van der Waals surface area contributed by atoms with Gasteiger partial charge in [0.25, 0.3) is 0 Å². The minimum atomic E-state index is -3.23. The number of nitrogens with zero attached hydrogens (tertiary/aromatic N) is 4. The Morgan fingerprint density at radius 2 is 1.77 bits per heavy atom. The van der Waals surface area contributed by atoms with Crippen LogP contribution in [0.25, 0.3) is 22.2 Å². The largest absolute Gasteiger partial charge is 0.473 e. The maximum absolute atomic E-state index is 11.7. The molecule has 0 saturated carbocycles. The van der Waals surface area contributed by atoms with E-state index >= 15 is 0 Å². The van der Waals surface area contributed by atoms with Crippen molar-refractivity contribution in [2.75, 3.05) is 19.3 Å². The van der Waals surface area contributed by atoms with E-state index in [9.17, 15) is 8.42 Å². The molecule has 0 spiro atoms. The first-order valence-electron chi connectivity index (χ1n) is 10.3. The van der Waals surface area contributed by atoms with Crippen LogP contribution in [0.4, 0.5) is 0 Å². The lowest BCUT2D eigenvalue weighted by Crippen LogP contribution is -2.41. The molecule has 2 aromatic heterocycles. The Bertz CT molecular complexity index is 1150. The molecular weight excluding hydrogens is 400 g/mol. The average Bonchev–Trinajstić information content (AvgIpc) is 3.05. The molecule has 0 radical (unpaired) electrons. The molecular formula is C22H28N4O3S. The van der Waals surface area contributed by atoms with E-state index in [1.54, 1.807) is 12.1 Å². The summed E-state index contributed by atoms with van der Waals surface area (Å²) in [6.07, 6.45) is 6.84. The van der Waals surface area contributed by atoms with Gasteiger partial charge in [0, 0.05) is 44.2 Å². The number of aromatic nitrogens is 3. The summed E-state index contributed by atoms with van der Waals surface area (Å²) in [5.74, 6) is 0.601. The Morgan fingerprint density at radius 3 is 2.37 bits per heavy atom. The van der Waals surface area contributed by atoms with E-state index in [0.29, 0.717) is 16.8 Å². The zero-order valence-corrected chi connectivity index (χ0v) is 18.7. The lowest BCUT2D eigenvalue weighted by atomic mass is 10.1. The van der Waals surface area contributed by atoms with Crippen molar-refractivity contribution < 1.29 is 13.2 Å². The van der Waals surface area contributed by atoms with Gasteiger partial charge in [-0.3, -0.25) is 0 Å². The lowest BCUT2D eigenvalue weighted by Gasteiger charge is -2.34. The minimum Gasteiger partial charge on any atom is -0.473 e. The van der Waals surface area contributed by atoms with E-state index in [0.717, 1.165) is 48.1 Å². The summed E-state index contributed by atoms with van der Waals surface area (Å²) < 4.78 is 31.8. The summed E-state index contributed by atoms with van der Waals surface area (Å²) >= 11 is 0. The maximum Gasteiger partial charge on any atom is 0.242 e. The summed E-state index contributed by atoms with van der Waals surface area (Å²) in [5, 5.41) is 0. The average molecular weight is 429 g/mol. The summed E-state index contributed by atoms with van der Waals surface area (Å²) in [6, 6.07) is 7.45. The monoisotopic (exact) mass is 428 g/mol. The van der Waals surface area contributed by atoms with E-state index in [1.807, 2.05) is 29.9 Å². The second-order valence-corrected chi connectivity index (χ2v) is 10.3. The maximum atomic E-state index is 11.7. The number of fused-ring (bicyclic) bond motifs is 1. The van der Waals surface area contributed by atoms with Crippen LogP contribution in [-0.2, 0) is 16.9 Å². The van der Waals surface area contributed by atoms with Crippen molar-refractivity contribution in [3.63, 3.8) is 0 Å². The number of hydrogen-bond donors (Lipinski definition) is 0. The molecule has 0 atom stereocenters. The fourth-order valence-electron chi connectivity index (χ4n) is 4.04. The van der Waals surface area contributed by atoms with Gasteiger partial charge in [0.15, 0.2) is 9.84 Å². The van der Waals surface area contributed by atoms with E-state index in [2.05, 4.69) is 28.7 Å².